The van der Waals surface area contributed by atoms with Crippen molar-refractivity contribution in [2.45, 2.75) is 0 Å². The summed E-state index contributed by atoms with van der Waals surface area (Å²) in [7, 11) is 0. The second-order valence-corrected chi connectivity index (χ2v) is 4.97. The van der Waals surface area contributed by atoms with Gasteiger partial charge in [0.15, 0.2) is 0 Å². The van der Waals surface area contributed by atoms with Crippen LogP contribution in [0.2, 0.25) is 0 Å². The molecule has 2 aromatic carbocycles. The molecule has 0 fully saturated rings. The molecule has 18 heavy (non-hydrogen) atoms. The molecule has 0 atom stereocenters. The first-order valence-electron chi connectivity index (χ1n) is 5.45. The van der Waals surface area contributed by atoms with Gasteiger partial charge in [0.25, 0.3) is 0 Å². The van der Waals surface area contributed by atoms with Crippen molar-refractivity contribution in [2.24, 2.45) is 10.7 Å². The van der Waals surface area contributed by atoms with Crippen LogP contribution in [0.25, 0.3) is 0 Å². The number of fused-ring (bicyclic) bond motifs is 2. The fourth-order valence-electron chi connectivity index (χ4n) is 2.02. The maximum absolute atomic E-state index is 6.03. The van der Waals surface area contributed by atoms with Crippen LogP contribution in [0, 0.1) is 0 Å². The number of nitrogens with one attached hydrogen (secondary N) is 1. The van der Waals surface area contributed by atoms with Gasteiger partial charge in [0.05, 0.1) is 22.6 Å². The molecule has 0 bridgehead atoms. The number of hydrogen-bond acceptors (Lipinski definition) is 4. The third kappa shape index (κ3) is 1.73. The van der Waals surface area contributed by atoms with Crippen LogP contribution in [-0.2, 0) is 0 Å². The van der Waals surface area contributed by atoms with Crippen molar-refractivity contribution in [1.29, 1.82) is 0 Å². The number of nitrogen functional groups attached to an aromatic ring is 1. The second-order valence-electron chi connectivity index (χ2n) is 4.06. The van der Waals surface area contributed by atoms with Crippen LogP contribution >= 0.6 is 15.9 Å². The summed E-state index contributed by atoms with van der Waals surface area (Å²) in [5.41, 5.74) is 16.0. The quantitative estimate of drug-likeness (QED) is 0.654. The summed E-state index contributed by atoms with van der Waals surface area (Å²) in [5.74, 6) is 0.424. The zero-order valence-corrected chi connectivity index (χ0v) is 11.0. The molecule has 4 nitrogen and oxygen atoms in total. The molecular formula is C13H11BrN4. The average molecular weight is 303 g/mol. The van der Waals surface area contributed by atoms with Crippen LogP contribution in [0.1, 0.15) is 5.56 Å². The van der Waals surface area contributed by atoms with Crippen molar-refractivity contribution in [3.8, 4) is 0 Å². The van der Waals surface area contributed by atoms with Gasteiger partial charge in [-0.15, -0.1) is 0 Å². The molecule has 2 aromatic rings. The van der Waals surface area contributed by atoms with E-state index in [1.165, 1.54) is 0 Å². The third-order valence-corrected chi connectivity index (χ3v) is 3.26. The Morgan fingerprint density at radius 2 is 1.83 bits per heavy atom. The highest BCUT2D eigenvalue weighted by molar-refractivity contribution is 9.10. The number of para-hydroxylation sites is 2. The summed E-state index contributed by atoms with van der Waals surface area (Å²) in [6, 6.07) is 11.5. The van der Waals surface area contributed by atoms with Gasteiger partial charge in [0.1, 0.15) is 5.84 Å². The minimum atomic E-state index is 0.424. The molecule has 90 valence electrons. The zero-order chi connectivity index (χ0) is 12.7. The van der Waals surface area contributed by atoms with E-state index in [-0.39, 0.29) is 0 Å². The van der Waals surface area contributed by atoms with Gasteiger partial charge in [0.2, 0.25) is 0 Å². The van der Waals surface area contributed by atoms with Crippen molar-refractivity contribution in [3.05, 3.63) is 46.4 Å². The first-order chi connectivity index (χ1) is 8.65. The Balaban J connectivity index is 2.29. The highest BCUT2D eigenvalue weighted by atomic mass is 79.9. The van der Waals surface area contributed by atoms with E-state index in [4.69, 9.17) is 11.5 Å². The summed E-state index contributed by atoms with van der Waals surface area (Å²) in [5, 5.41) is 3.31. The van der Waals surface area contributed by atoms with Crippen LogP contribution in [-0.4, -0.2) is 5.84 Å². The molecule has 0 aliphatic carbocycles. The Kier molecular flexibility index (Phi) is 2.48. The van der Waals surface area contributed by atoms with E-state index in [0.29, 0.717) is 11.5 Å². The molecule has 0 unspecified atom stereocenters. The van der Waals surface area contributed by atoms with Crippen LogP contribution in [0.15, 0.2) is 45.9 Å². The number of aliphatic imine (C=N–C) groups is 1. The first kappa shape index (κ1) is 11.1. The van der Waals surface area contributed by atoms with E-state index in [9.17, 15) is 0 Å². The topological polar surface area (TPSA) is 76.4 Å². The predicted octanol–water partition coefficient (Wildman–Crippen LogP) is 3.13. The summed E-state index contributed by atoms with van der Waals surface area (Å²) < 4.78 is 0.901. The lowest BCUT2D eigenvalue weighted by atomic mass is 10.1. The third-order valence-electron chi connectivity index (χ3n) is 2.80. The van der Waals surface area contributed by atoms with Gasteiger partial charge >= 0.3 is 0 Å². The number of amidine groups is 1. The minimum absolute atomic E-state index is 0.424. The van der Waals surface area contributed by atoms with Crippen molar-refractivity contribution < 1.29 is 0 Å². The molecule has 0 saturated carbocycles. The van der Waals surface area contributed by atoms with Gasteiger partial charge in [0, 0.05) is 10.2 Å². The number of anilines is 3. The van der Waals surface area contributed by atoms with E-state index in [2.05, 4.69) is 26.2 Å². The van der Waals surface area contributed by atoms with Crippen LogP contribution in [0.5, 0.6) is 0 Å². The molecule has 0 radical (unpaired) electrons. The monoisotopic (exact) mass is 302 g/mol. The highest BCUT2D eigenvalue weighted by Crippen LogP contribution is 2.36. The van der Waals surface area contributed by atoms with Crippen molar-refractivity contribution in [3.63, 3.8) is 0 Å². The second kappa shape index (κ2) is 4.03. The Morgan fingerprint density at radius 3 is 2.67 bits per heavy atom. The van der Waals surface area contributed by atoms with Gasteiger partial charge in [-0.3, -0.25) is 0 Å². The molecule has 5 heteroatoms. The van der Waals surface area contributed by atoms with Gasteiger partial charge < -0.3 is 16.8 Å². The Bertz CT molecular complexity index is 664. The Hall–Kier alpha value is -2.01. The SMILES string of the molecule is NC1=Nc2ccccc2Nc2cc(Br)cc(N)c21. The van der Waals surface area contributed by atoms with E-state index >= 15 is 0 Å². The lowest BCUT2D eigenvalue weighted by Crippen LogP contribution is -2.15. The largest absolute Gasteiger partial charge is 0.398 e. The summed E-state index contributed by atoms with van der Waals surface area (Å²) in [6.07, 6.45) is 0. The Labute approximate surface area is 113 Å². The predicted molar refractivity (Wildman–Crippen MR) is 78.7 cm³/mol. The summed E-state index contributed by atoms with van der Waals surface area (Å²) in [6.45, 7) is 0. The number of nitrogens with two attached hydrogens (primary N) is 2. The number of nitrogens with zero attached hydrogens (tertiary/aromatic N) is 1. The molecule has 1 heterocycles. The zero-order valence-electron chi connectivity index (χ0n) is 9.44. The molecular weight excluding hydrogens is 292 g/mol. The molecule has 0 aromatic heterocycles. The van der Waals surface area contributed by atoms with E-state index in [1.54, 1.807) is 0 Å². The van der Waals surface area contributed by atoms with Gasteiger partial charge in [-0.05, 0) is 24.3 Å². The Morgan fingerprint density at radius 1 is 1.06 bits per heavy atom. The molecule has 3 rings (SSSR count). The van der Waals surface area contributed by atoms with E-state index in [1.807, 2.05) is 36.4 Å². The average Bonchev–Trinajstić information content (AvgIpc) is 2.43. The highest BCUT2D eigenvalue weighted by Gasteiger charge is 2.17. The van der Waals surface area contributed by atoms with Crippen LogP contribution in [0.3, 0.4) is 0 Å². The van der Waals surface area contributed by atoms with Gasteiger partial charge in [-0.25, -0.2) is 4.99 Å². The van der Waals surface area contributed by atoms with E-state index < -0.39 is 0 Å². The van der Waals surface area contributed by atoms with E-state index in [0.717, 1.165) is 27.1 Å². The maximum atomic E-state index is 6.03. The maximum Gasteiger partial charge on any atom is 0.135 e. The van der Waals surface area contributed by atoms with Crippen LogP contribution < -0.4 is 16.8 Å². The fraction of sp³-hybridized carbons (Fsp3) is 0. The van der Waals surface area contributed by atoms with Crippen molar-refractivity contribution in [2.75, 3.05) is 11.1 Å². The van der Waals surface area contributed by atoms with Crippen molar-refractivity contribution in [1.82, 2.24) is 0 Å². The lowest BCUT2D eigenvalue weighted by molar-refractivity contribution is 1.48. The number of halogens is 1. The number of benzene rings is 2. The minimum Gasteiger partial charge on any atom is -0.398 e. The molecule has 1 aliphatic heterocycles. The molecule has 1 aliphatic rings. The van der Waals surface area contributed by atoms with Gasteiger partial charge in [-0.2, -0.15) is 0 Å². The molecule has 0 spiro atoms. The van der Waals surface area contributed by atoms with Crippen LogP contribution in [0.4, 0.5) is 22.7 Å². The summed E-state index contributed by atoms with van der Waals surface area (Å²) in [4.78, 5) is 4.41. The normalized spacial score (nSPS) is 12.8. The first-order valence-corrected chi connectivity index (χ1v) is 6.24. The van der Waals surface area contributed by atoms with Gasteiger partial charge in [-0.1, -0.05) is 28.1 Å². The fourth-order valence-corrected chi connectivity index (χ4v) is 2.50. The standard InChI is InChI=1S/C13H11BrN4/c14-7-5-8(15)12-11(6-7)17-9-3-1-2-4-10(9)18-13(12)16/h1-6,17H,15H2,(H2,16,18). The smallest absolute Gasteiger partial charge is 0.135 e. The molecule has 5 N–H and O–H groups in total. The van der Waals surface area contributed by atoms with Crippen molar-refractivity contribution >= 4 is 44.5 Å². The summed E-state index contributed by atoms with van der Waals surface area (Å²) >= 11 is 3.43. The lowest BCUT2D eigenvalue weighted by Gasteiger charge is -2.12. The molecule has 0 saturated heterocycles. The number of hydrogen-bond donors (Lipinski definition) is 3. The molecule has 0 amide bonds. The number of rotatable bonds is 0.